The maximum atomic E-state index is 13.9. The van der Waals surface area contributed by atoms with Gasteiger partial charge in [-0.15, -0.1) is 0 Å². The van der Waals surface area contributed by atoms with Crippen LogP contribution in [0.15, 0.2) is 91.5 Å². The van der Waals surface area contributed by atoms with Gasteiger partial charge in [-0.3, -0.25) is 14.8 Å². The quantitative estimate of drug-likeness (QED) is 0.182. The SMILES string of the molecule is Cc1ncccc1OCCc1ccc2c(c1)NC(=O)c1ccc(-c3cn(Cc4cc(F)c(F)c(F)c4)c4cnccc34)cc1N2. The van der Waals surface area contributed by atoms with Gasteiger partial charge in [-0.1, -0.05) is 12.1 Å². The Kier molecular flexibility index (Phi) is 7.17. The van der Waals surface area contributed by atoms with Gasteiger partial charge < -0.3 is 19.9 Å². The summed E-state index contributed by atoms with van der Waals surface area (Å²) >= 11 is 0. The number of hydrogen-bond donors (Lipinski definition) is 2. The van der Waals surface area contributed by atoms with E-state index in [9.17, 15) is 18.0 Å². The van der Waals surface area contributed by atoms with Crippen molar-refractivity contribution in [2.75, 3.05) is 17.2 Å². The Balaban J connectivity index is 1.16. The molecule has 224 valence electrons. The van der Waals surface area contributed by atoms with E-state index in [4.69, 9.17) is 4.74 Å². The molecule has 7 nitrogen and oxygen atoms in total. The molecule has 0 aliphatic carbocycles. The van der Waals surface area contributed by atoms with Crippen molar-refractivity contribution in [3.8, 4) is 16.9 Å². The smallest absolute Gasteiger partial charge is 0.257 e. The number of nitrogens with one attached hydrogen (secondary N) is 2. The summed E-state index contributed by atoms with van der Waals surface area (Å²) in [5.41, 5.74) is 7.02. The van der Waals surface area contributed by atoms with Crippen molar-refractivity contribution in [1.29, 1.82) is 0 Å². The highest BCUT2D eigenvalue weighted by Gasteiger charge is 2.21. The number of carbonyl (C=O) groups is 1. The molecule has 6 aromatic rings. The minimum atomic E-state index is -1.50. The fourth-order valence-electron chi connectivity index (χ4n) is 5.60. The number of hydrogen-bond acceptors (Lipinski definition) is 5. The number of anilines is 3. The van der Waals surface area contributed by atoms with E-state index in [2.05, 4.69) is 20.6 Å². The zero-order chi connectivity index (χ0) is 31.1. The minimum absolute atomic E-state index is 0.102. The molecule has 7 rings (SSSR count). The van der Waals surface area contributed by atoms with Crippen LogP contribution in [0.4, 0.5) is 30.2 Å². The van der Waals surface area contributed by atoms with Crippen LogP contribution in [0.5, 0.6) is 5.75 Å². The third-order valence-electron chi connectivity index (χ3n) is 7.86. The van der Waals surface area contributed by atoms with Crippen molar-refractivity contribution in [3.05, 3.63) is 131 Å². The van der Waals surface area contributed by atoms with Crippen molar-refractivity contribution >= 4 is 33.9 Å². The summed E-state index contributed by atoms with van der Waals surface area (Å²) in [5.74, 6) is -3.48. The Bertz CT molecular complexity index is 2090. The summed E-state index contributed by atoms with van der Waals surface area (Å²) < 4.78 is 49.1. The van der Waals surface area contributed by atoms with Crippen LogP contribution < -0.4 is 15.4 Å². The normalized spacial score (nSPS) is 12.2. The first kappa shape index (κ1) is 28.1. The number of benzene rings is 3. The second kappa shape index (κ2) is 11.5. The number of amides is 1. The molecule has 0 fully saturated rings. The van der Waals surface area contributed by atoms with Gasteiger partial charge in [0.05, 0.1) is 46.6 Å². The number of fused-ring (bicyclic) bond motifs is 3. The molecule has 1 aliphatic heterocycles. The average molecular weight is 606 g/mol. The zero-order valence-electron chi connectivity index (χ0n) is 24.1. The van der Waals surface area contributed by atoms with Gasteiger partial charge in [0.1, 0.15) is 5.75 Å². The first-order chi connectivity index (χ1) is 21.8. The van der Waals surface area contributed by atoms with Gasteiger partial charge in [0, 0.05) is 42.5 Å². The summed E-state index contributed by atoms with van der Waals surface area (Å²) in [7, 11) is 0. The zero-order valence-corrected chi connectivity index (χ0v) is 24.1. The molecular formula is C35H26F3N5O2. The lowest BCUT2D eigenvalue weighted by atomic mass is 10.0. The number of halogens is 3. The summed E-state index contributed by atoms with van der Waals surface area (Å²) in [6.07, 6.45) is 7.56. The molecule has 0 bridgehead atoms. The van der Waals surface area contributed by atoms with E-state index in [0.717, 1.165) is 56.9 Å². The Morgan fingerprint density at radius 2 is 1.69 bits per heavy atom. The lowest BCUT2D eigenvalue weighted by Gasteiger charge is -2.12. The fraction of sp³-hybridized carbons (Fsp3) is 0.114. The topological polar surface area (TPSA) is 81.1 Å². The molecule has 2 N–H and O–H groups in total. The van der Waals surface area contributed by atoms with Crippen LogP contribution in [0.2, 0.25) is 0 Å². The molecular weight excluding hydrogens is 579 g/mol. The number of aromatic nitrogens is 3. The highest BCUT2D eigenvalue weighted by molar-refractivity contribution is 6.13. The van der Waals surface area contributed by atoms with Gasteiger partial charge in [0.2, 0.25) is 0 Å². The number of aryl methyl sites for hydroxylation is 1. The number of nitrogens with zero attached hydrogens (tertiary/aromatic N) is 3. The molecule has 0 unspecified atom stereocenters. The van der Waals surface area contributed by atoms with Crippen molar-refractivity contribution < 1.29 is 22.7 Å². The molecule has 0 saturated heterocycles. The Hall–Kier alpha value is -5.64. The van der Waals surface area contributed by atoms with Crippen LogP contribution in [-0.4, -0.2) is 27.0 Å². The minimum Gasteiger partial charge on any atom is -0.491 e. The van der Waals surface area contributed by atoms with E-state index in [1.54, 1.807) is 24.7 Å². The number of rotatable bonds is 7. The largest absolute Gasteiger partial charge is 0.491 e. The number of pyridine rings is 2. The van der Waals surface area contributed by atoms with Gasteiger partial charge in [-0.25, -0.2) is 13.2 Å². The summed E-state index contributed by atoms with van der Waals surface area (Å²) in [4.78, 5) is 21.8. The standard InChI is InChI=1S/C35H26F3N5O2/c1-20-33(3-2-10-40-20)45-12-9-21-4-7-29-31(15-21)42-35(44)25-6-5-23(16-30(25)41-29)26-19-43(32-17-39-11-8-24(26)32)18-22-13-27(36)34(38)28(37)14-22/h2-8,10-11,13-17,19,41H,9,12,18H2,1H3,(H,42,44). The number of ether oxygens (including phenoxy) is 1. The predicted molar refractivity (Wildman–Crippen MR) is 166 cm³/mol. The van der Waals surface area contributed by atoms with Crippen molar-refractivity contribution in [2.45, 2.75) is 19.9 Å². The molecule has 10 heteroatoms. The van der Waals surface area contributed by atoms with E-state index < -0.39 is 17.5 Å². The maximum Gasteiger partial charge on any atom is 0.257 e. The monoisotopic (exact) mass is 605 g/mol. The van der Waals surface area contributed by atoms with Crippen molar-refractivity contribution in [3.63, 3.8) is 0 Å². The predicted octanol–water partition coefficient (Wildman–Crippen LogP) is 7.80. The van der Waals surface area contributed by atoms with Gasteiger partial charge >= 0.3 is 0 Å². The van der Waals surface area contributed by atoms with E-state index in [1.807, 2.05) is 66.2 Å². The molecule has 0 spiro atoms. The van der Waals surface area contributed by atoms with Crippen LogP contribution >= 0.6 is 0 Å². The molecule has 0 radical (unpaired) electrons. The molecule has 45 heavy (non-hydrogen) atoms. The van der Waals surface area contributed by atoms with Gasteiger partial charge in [-0.2, -0.15) is 0 Å². The third-order valence-corrected chi connectivity index (χ3v) is 7.86. The molecule has 3 aromatic heterocycles. The molecule has 0 saturated carbocycles. The Morgan fingerprint density at radius 1 is 0.844 bits per heavy atom. The molecule has 4 heterocycles. The second-order valence-electron chi connectivity index (χ2n) is 10.8. The first-order valence-corrected chi connectivity index (χ1v) is 14.3. The first-order valence-electron chi connectivity index (χ1n) is 14.3. The van der Waals surface area contributed by atoms with Gasteiger partial charge in [0.15, 0.2) is 17.5 Å². The molecule has 0 atom stereocenters. The molecule has 1 amide bonds. The van der Waals surface area contributed by atoms with E-state index in [0.29, 0.717) is 30.0 Å². The average Bonchev–Trinajstić information content (AvgIpc) is 3.32. The van der Waals surface area contributed by atoms with Crippen molar-refractivity contribution in [2.24, 2.45) is 0 Å². The van der Waals surface area contributed by atoms with E-state index in [-0.39, 0.29) is 18.0 Å². The van der Waals surface area contributed by atoms with E-state index >= 15 is 0 Å². The van der Waals surface area contributed by atoms with Gasteiger partial charge in [-0.05, 0) is 78.2 Å². The third kappa shape index (κ3) is 5.46. The summed E-state index contributed by atoms with van der Waals surface area (Å²) in [5, 5.41) is 7.29. The maximum absolute atomic E-state index is 13.9. The lowest BCUT2D eigenvalue weighted by molar-refractivity contribution is 0.102. The van der Waals surface area contributed by atoms with Crippen LogP contribution in [0.3, 0.4) is 0 Å². The van der Waals surface area contributed by atoms with Crippen LogP contribution in [0.1, 0.15) is 27.2 Å². The Labute approximate surface area is 256 Å². The summed E-state index contributed by atoms with van der Waals surface area (Å²) in [6, 6.07) is 18.9. The highest BCUT2D eigenvalue weighted by Crippen LogP contribution is 2.37. The fourth-order valence-corrected chi connectivity index (χ4v) is 5.60. The highest BCUT2D eigenvalue weighted by atomic mass is 19.2. The summed E-state index contributed by atoms with van der Waals surface area (Å²) in [6.45, 7) is 2.46. The second-order valence-corrected chi connectivity index (χ2v) is 10.8. The van der Waals surface area contributed by atoms with Crippen LogP contribution in [0.25, 0.3) is 22.0 Å². The van der Waals surface area contributed by atoms with E-state index in [1.165, 1.54) is 0 Å². The van der Waals surface area contributed by atoms with Crippen molar-refractivity contribution in [1.82, 2.24) is 14.5 Å². The van der Waals surface area contributed by atoms with Crippen LogP contribution in [-0.2, 0) is 13.0 Å². The molecule has 1 aliphatic rings. The Morgan fingerprint density at radius 3 is 2.51 bits per heavy atom. The lowest BCUT2D eigenvalue weighted by Crippen LogP contribution is -2.11. The number of carbonyl (C=O) groups excluding carboxylic acids is 1. The molecule has 3 aromatic carbocycles. The van der Waals surface area contributed by atoms with Gasteiger partial charge in [0.25, 0.3) is 5.91 Å². The van der Waals surface area contributed by atoms with Crippen LogP contribution in [0, 0.1) is 24.4 Å².